The number of nitrogens with zero attached hydrogens (tertiary/aromatic N) is 2. The monoisotopic (exact) mass is 708 g/mol. The molecule has 256 valence electrons. The highest BCUT2D eigenvalue weighted by Gasteiger charge is 2.33. The molecule has 0 unspecified atom stereocenters. The van der Waals surface area contributed by atoms with Crippen molar-refractivity contribution in [3.63, 3.8) is 0 Å². The fraction of sp³-hybridized carbons (Fsp3) is 0.314. The molecule has 14 heteroatoms. The van der Waals surface area contributed by atoms with E-state index in [1.54, 1.807) is 25.2 Å². The first-order valence-corrected chi connectivity index (χ1v) is 16.3. The van der Waals surface area contributed by atoms with Crippen LogP contribution in [0.4, 0.5) is 0 Å². The van der Waals surface area contributed by atoms with Crippen LogP contribution in [0.25, 0.3) is 0 Å². The summed E-state index contributed by atoms with van der Waals surface area (Å²) in [5, 5.41) is 9.76. The van der Waals surface area contributed by atoms with E-state index in [4.69, 9.17) is 46.7 Å². The van der Waals surface area contributed by atoms with Crippen molar-refractivity contribution in [3.05, 3.63) is 98.9 Å². The van der Waals surface area contributed by atoms with Crippen LogP contribution in [0.1, 0.15) is 56.5 Å². The van der Waals surface area contributed by atoms with Gasteiger partial charge in [0.2, 0.25) is 11.7 Å². The molecule has 2 aliphatic rings. The van der Waals surface area contributed by atoms with Gasteiger partial charge in [0.25, 0.3) is 11.8 Å². The first kappa shape index (κ1) is 33.9. The fourth-order valence-electron chi connectivity index (χ4n) is 5.56. The number of halogens is 2. The third-order valence-corrected chi connectivity index (χ3v) is 9.05. The molecule has 2 N–H and O–H groups in total. The van der Waals surface area contributed by atoms with E-state index >= 15 is 0 Å². The van der Waals surface area contributed by atoms with Crippen LogP contribution in [0.5, 0.6) is 23.0 Å². The van der Waals surface area contributed by atoms with Gasteiger partial charge in [-0.2, -0.15) is 0 Å². The summed E-state index contributed by atoms with van der Waals surface area (Å²) in [5.74, 6) is 0.860. The lowest BCUT2D eigenvalue weighted by molar-refractivity contribution is -0.128. The zero-order chi connectivity index (χ0) is 34.5. The van der Waals surface area contributed by atoms with Gasteiger partial charge in [-0.3, -0.25) is 14.4 Å². The Kier molecular flexibility index (Phi) is 10.4. The maximum Gasteiger partial charge on any atom is 0.289 e. The van der Waals surface area contributed by atoms with Crippen molar-refractivity contribution in [1.82, 2.24) is 20.7 Å². The Balaban J connectivity index is 1.17. The molecule has 49 heavy (non-hydrogen) atoms. The maximum absolute atomic E-state index is 13.9. The number of benzene rings is 3. The SMILES string of the molecule is COc1ccc(COc2c(Cl)cc(C(=O)N3CC[C@@H](c4cc(C(=O)NC[C@H]5CC(=O)N5)on4)C3)c(Cl)c2OCc2ccc(OC)cc2)cc1. The second-order valence-corrected chi connectivity index (χ2v) is 12.5. The molecule has 2 fully saturated rings. The number of nitrogens with one attached hydrogen (secondary N) is 2. The van der Waals surface area contributed by atoms with Crippen molar-refractivity contribution in [3.8, 4) is 23.0 Å². The number of amides is 3. The predicted octanol–water partition coefficient (Wildman–Crippen LogP) is 5.40. The van der Waals surface area contributed by atoms with Crippen LogP contribution in [0.2, 0.25) is 10.0 Å². The summed E-state index contributed by atoms with van der Waals surface area (Å²) >= 11 is 13.7. The number of ether oxygens (including phenoxy) is 4. The molecule has 12 nitrogen and oxygen atoms in total. The Morgan fingerprint density at radius 2 is 1.57 bits per heavy atom. The molecule has 0 spiro atoms. The summed E-state index contributed by atoms with van der Waals surface area (Å²) in [7, 11) is 3.19. The first-order valence-electron chi connectivity index (χ1n) is 15.6. The second-order valence-electron chi connectivity index (χ2n) is 11.7. The topological polar surface area (TPSA) is 141 Å². The summed E-state index contributed by atoms with van der Waals surface area (Å²) in [6.45, 7) is 1.33. The Morgan fingerprint density at radius 3 is 2.16 bits per heavy atom. The fourth-order valence-corrected chi connectivity index (χ4v) is 6.09. The molecule has 3 aromatic carbocycles. The number of hydrogen-bond donors (Lipinski definition) is 2. The largest absolute Gasteiger partial charge is 0.497 e. The van der Waals surface area contributed by atoms with Crippen LogP contribution in [-0.4, -0.2) is 67.7 Å². The van der Waals surface area contributed by atoms with Crippen molar-refractivity contribution in [1.29, 1.82) is 0 Å². The average molecular weight is 710 g/mol. The maximum atomic E-state index is 13.9. The quantitative estimate of drug-likeness (QED) is 0.175. The Bertz CT molecular complexity index is 1820. The summed E-state index contributed by atoms with van der Waals surface area (Å²) < 4.78 is 28.1. The molecule has 6 rings (SSSR count). The number of rotatable bonds is 13. The number of aromatic nitrogens is 1. The van der Waals surface area contributed by atoms with Crippen LogP contribution in [0.3, 0.4) is 0 Å². The van der Waals surface area contributed by atoms with Gasteiger partial charge < -0.3 is 39.0 Å². The second kappa shape index (κ2) is 15.1. The minimum absolute atomic E-state index is 0.0450. The van der Waals surface area contributed by atoms with Crippen molar-refractivity contribution in [2.75, 3.05) is 33.9 Å². The molecule has 3 heterocycles. The van der Waals surface area contributed by atoms with E-state index in [1.165, 1.54) is 6.07 Å². The third-order valence-electron chi connectivity index (χ3n) is 8.40. The standard InChI is InChI=1S/C35H34Cl2N4O8/c1-45-24-7-3-20(4-8-24)18-47-32-27(36)14-26(31(37)33(32)48-19-21-5-9-25(46-2)10-6-21)35(44)41-12-11-22(17-41)28-15-29(49-40-28)34(43)38-16-23-13-30(42)39-23/h3-10,14-15,22-23H,11-13,16-19H2,1-2H3,(H,38,43)(H,39,42)/t22-,23-/m1/s1. The first-order chi connectivity index (χ1) is 23.7. The van der Waals surface area contributed by atoms with Crippen LogP contribution in [0, 0.1) is 0 Å². The highest BCUT2D eigenvalue weighted by Crippen LogP contribution is 2.45. The van der Waals surface area contributed by atoms with Crippen molar-refractivity contribution in [2.24, 2.45) is 0 Å². The summed E-state index contributed by atoms with van der Waals surface area (Å²) in [6, 6.07) is 17.7. The van der Waals surface area contributed by atoms with Gasteiger partial charge >= 0.3 is 0 Å². The molecule has 0 radical (unpaired) electrons. The number of β-lactam (4-membered cyclic amide) rings is 1. The number of methoxy groups -OCH3 is 2. The van der Waals surface area contributed by atoms with Crippen LogP contribution < -0.4 is 29.6 Å². The van der Waals surface area contributed by atoms with Crippen LogP contribution >= 0.6 is 23.2 Å². The van der Waals surface area contributed by atoms with Gasteiger partial charge in [0.1, 0.15) is 24.7 Å². The van der Waals surface area contributed by atoms with E-state index in [0.717, 1.165) is 11.1 Å². The van der Waals surface area contributed by atoms with E-state index in [0.29, 0.717) is 49.7 Å². The Labute approximate surface area is 292 Å². The number of carbonyl (C=O) groups excluding carboxylic acids is 3. The van der Waals surface area contributed by atoms with E-state index in [1.807, 2.05) is 48.5 Å². The van der Waals surface area contributed by atoms with Gasteiger partial charge in [-0.1, -0.05) is 52.6 Å². The highest BCUT2D eigenvalue weighted by atomic mass is 35.5. The van der Waals surface area contributed by atoms with Gasteiger partial charge in [0.15, 0.2) is 11.5 Å². The van der Waals surface area contributed by atoms with Gasteiger partial charge in [-0.25, -0.2) is 0 Å². The van der Waals surface area contributed by atoms with Gasteiger partial charge in [0.05, 0.1) is 41.6 Å². The lowest BCUT2D eigenvalue weighted by Crippen LogP contribution is -2.54. The molecule has 2 atom stereocenters. The molecule has 4 aromatic rings. The zero-order valence-electron chi connectivity index (χ0n) is 26.8. The van der Waals surface area contributed by atoms with Crippen LogP contribution in [0.15, 0.2) is 65.2 Å². The van der Waals surface area contributed by atoms with Gasteiger partial charge in [-0.15, -0.1) is 0 Å². The van der Waals surface area contributed by atoms with E-state index in [2.05, 4.69) is 15.8 Å². The smallest absolute Gasteiger partial charge is 0.289 e. The van der Waals surface area contributed by atoms with Crippen molar-refractivity contribution >= 4 is 40.9 Å². The van der Waals surface area contributed by atoms with Gasteiger partial charge in [0, 0.05) is 38.0 Å². The lowest BCUT2D eigenvalue weighted by Gasteiger charge is -2.26. The molecular formula is C35H34Cl2N4O8. The summed E-state index contributed by atoms with van der Waals surface area (Å²) in [4.78, 5) is 39.2. The van der Waals surface area contributed by atoms with Crippen molar-refractivity contribution < 1.29 is 37.9 Å². The normalized spacial score (nSPS) is 16.8. The average Bonchev–Trinajstić information content (AvgIpc) is 3.80. The Hall–Kier alpha value is -4.94. The predicted molar refractivity (Wildman–Crippen MR) is 180 cm³/mol. The summed E-state index contributed by atoms with van der Waals surface area (Å²) in [5.41, 5.74) is 2.42. The van der Waals surface area contributed by atoms with E-state index in [-0.39, 0.29) is 69.9 Å². The molecule has 0 bridgehead atoms. The lowest BCUT2D eigenvalue weighted by atomic mass is 10.0. The van der Waals surface area contributed by atoms with E-state index in [9.17, 15) is 14.4 Å². The zero-order valence-corrected chi connectivity index (χ0v) is 28.3. The third kappa shape index (κ3) is 7.87. The van der Waals surface area contributed by atoms with Gasteiger partial charge in [-0.05, 0) is 47.9 Å². The molecule has 2 saturated heterocycles. The molecule has 1 aromatic heterocycles. The minimum Gasteiger partial charge on any atom is -0.497 e. The molecular weight excluding hydrogens is 675 g/mol. The number of hydrogen-bond acceptors (Lipinski definition) is 9. The summed E-state index contributed by atoms with van der Waals surface area (Å²) in [6.07, 6.45) is 0.974. The van der Waals surface area contributed by atoms with Crippen LogP contribution in [-0.2, 0) is 18.0 Å². The molecule has 3 amide bonds. The number of carbonyl (C=O) groups is 3. The van der Waals surface area contributed by atoms with Crippen molar-refractivity contribution in [2.45, 2.75) is 38.0 Å². The molecule has 0 saturated carbocycles. The number of likely N-dealkylation sites (tertiary alicyclic amines) is 1. The Morgan fingerprint density at radius 1 is 0.959 bits per heavy atom. The van der Waals surface area contributed by atoms with E-state index < -0.39 is 5.91 Å². The molecule has 0 aliphatic carbocycles. The highest BCUT2D eigenvalue weighted by molar-refractivity contribution is 6.38. The minimum atomic E-state index is -0.427. The molecule has 2 aliphatic heterocycles.